The number of hydrogen-bond donors (Lipinski definition) is 1. The predicted molar refractivity (Wildman–Crippen MR) is 104 cm³/mol. The second kappa shape index (κ2) is 6.63. The number of pyridine rings is 1. The monoisotopic (exact) mass is 384 g/mol. The van der Waals surface area contributed by atoms with E-state index in [9.17, 15) is 4.79 Å². The lowest BCUT2D eigenvalue weighted by Crippen LogP contribution is -2.60. The zero-order valence-corrected chi connectivity index (χ0v) is 16.3. The Morgan fingerprint density at radius 2 is 2.30 bits per heavy atom. The molecule has 2 fully saturated rings. The summed E-state index contributed by atoms with van der Waals surface area (Å²) < 4.78 is 6.27. The lowest BCUT2D eigenvalue weighted by Gasteiger charge is -2.47. The van der Waals surface area contributed by atoms with E-state index in [1.54, 1.807) is 0 Å². The Labute approximate surface area is 163 Å². The van der Waals surface area contributed by atoms with Gasteiger partial charge < -0.3 is 9.64 Å². The van der Waals surface area contributed by atoms with Gasteiger partial charge in [0.25, 0.3) is 5.91 Å². The van der Waals surface area contributed by atoms with Gasteiger partial charge >= 0.3 is 0 Å². The average molecular weight is 385 g/mol. The van der Waals surface area contributed by atoms with Crippen molar-refractivity contribution in [3.05, 3.63) is 46.5 Å². The predicted octanol–water partition coefficient (Wildman–Crippen LogP) is 2.52. The van der Waals surface area contributed by atoms with E-state index < -0.39 is 0 Å². The summed E-state index contributed by atoms with van der Waals surface area (Å²) in [6.45, 7) is 4.17. The highest BCUT2D eigenvalue weighted by molar-refractivity contribution is 8.01. The number of carbonyl (C=O) groups is 1. The van der Waals surface area contributed by atoms with Crippen molar-refractivity contribution >= 4 is 17.7 Å². The fraction of sp³-hybridized carbons (Fsp3) is 0.550. The molecule has 0 aromatic carbocycles. The van der Waals surface area contributed by atoms with Crippen LogP contribution in [0.2, 0.25) is 0 Å². The first kappa shape index (κ1) is 17.3. The summed E-state index contributed by atoms with van der Waals surface area (Å²) in [7, 11) is 0. The highest BCUT2D eigenvalue weighted by Crippen LogP contribution is 2.46. The van der Waals surface area contributed by atoms with Crippen molar-refractivity contribution in [2.24, 2.45) is 0 Å². The van der Waals surface area contributed by atoms with E-state index >= 15 is 0 Å². The van der Waals surface area contributed by atoms with Gasteiger partial charge in [-0.2, -0.15) is 5.10 Å². The van der Waals surface area contributed by atoms with Gasteiger partial charge in [0, 0.05) is 35.8 Å². The van der Waals surface area contributed by atoms with Gasteiger partial charge in [-0.3, -0.25) is 14.9 Å². The molecule has 2 aliphatic heterocycles. The molecule has 1 atom stereocenters. The zero-order chi connectivity index (χ0) is 18.4. The summed E-state index contributed by atoms with van der Waals surface area (Å²) in [5, 5.41) is 7.33. The minimum atomic E-state index is 0.0916. The quantitative estimate of drug-likeness (QED) is 0.877. The molecule has 27 heavy (non-hydrogen) atoms. The topological polar surface area (TPSA) is 71.1 Å². The van der Waals surface area contributed by atoms with Crippen LogP contribution in [0.25, 0.3) is 0 Å². The number of thioether (sulfide) groups is 1. The first-order valence-electron chi connectivity index (χ1n) is 9.65. The number of ether oxygens (including phenoxy) is 1. The average Bonchev–Trinajstić information content (AvgIpc) is 3.33. The molecule has 3 aliphatic rings. The van der Waals surface area contributed by atoms with Crippen LogP contribution in [-0.4, -0.2) is 55.7 Å². The van der Waals surface area contributed by atoms with Crippen LogP contribution in [0, 0.1) is 6.92 Å². The Balaban J connectivity index is 1.15. The highest BCUT2D eigenvalue weighted by Gasteiger charge is 2.51. The summed E-state index contributed by atoms with van der Waals surface area (Å²) in [5.74, 6) is 1.08. The Morgan fingerprint density at radius 3 is 3.15 bits per heavy atom. The van der Waals surface area contributed by atoms with E-state index in [2.05, 4.69) is 15.2 Å². The van der Waals surface area contributed by atoms with Gasteiger partial charge in [0.2, 0.25) is 0 Å². The molecule has 4 heterocycles. The van der Waals surface area contributed by atoms with Crippen LogP contribution in [0.4, 0.5) is 0 Å². The van der Waals surface area contributed by atoms with Gasteiger partial charge in [-0.05, 0) is 44.7 Å². The summed E-state index contributed by atoms with van der Waals surface area (Å²) in [5.41, 5.74) is 4.96. The summed E-state index contributed by atoms with van der Waals surface area (Å²) in [6.07, 6.45) is 4.36. The molecule has 0 radical (unpaired) electrons. The zero-order valence-electron chi connectivity index (χ0n) is 15.5. The van der Waals surface area contributed by atoms with E-state index in [1.165, 1.54) is 0 Å². The molecule has 1 spiro atoms. The highest BCUT2D eigenvalue weighted by atomic mass is 32.2. The number of H-pyrrole nitrogens is 1. The lowest BCUT2D eigenvalue weighted by atomic mass is 9.92. The van der Waals surface area contributed by atoms with Crippen molar-refractivity contribution in [1.82, 2.24) is 20.1 Å². The van der Waals surface area contributed by atoms with Crippen molar-refractivity contribution in [2.45, 2.75) is 50.1 Å². The third-order valence-electron chi connectivity index (χ3n) is 5.84. The maximum Gasteiger partial charge on any atom is 0.274 e. The van der Waals surface area contributed by atoms with E-state index in [4.69, 9.17) is 4.74 Å². The van der Waals surface area contributed by atoms with Crippen LogP contribution in [0.15, 0.2) is 18.2 Å². The second-order valence-corrected chi connectivity index (χ2v) is 9.43. The number of amides is 1. The number of aryl methyl sites for hydroxylation is 2. The summed E-state index contributed by atoms with van der Waals surface area (Å²) in [6, 6.07) is 6.03. The molecule has 1 amide bonds. The van der Waals surface area contributed by atoms with E-state index in [1.807, 2.05) is 41.8 Å². The first-order chi connectivity index (χ1) is 13.1. The van der Waals surface area contributed by atoms with Gasteiger partial charge in [-0.15, -0.1) is 11.8 Å². The van der Waals surface area contributed by atoms with Crippen molar-refractivity contribution in [3.8, 4) is 0 Å². The molecule has 2 saturated heterocycles. The number of carbonyl (C=O) groups excluding carboxylic acids is 1. The number of nitrogens with zero attached hydrogens (tertiary/aromatic N) is 3. The van der Waals surface area contributed by atoms with Crippen LogP contribution in [0.3, 0.4) is 0 Å². The maximum absolute atomic E-state index is 12.8. The molecule has 142 valence electrons. The molecule has 6 nitrogen and oxygen atoms in total. The number of aromatic nitrogens is 3. The van der Waals surface area contributed by atoms with E-state index in [-0.39, 0.29) is 16.8 Å². The number of hydrogen-bond acceptors (Lipinski definition) is 5. The number of aromatic amines is 1. The third kappa shape index (κ3) is 3.17. The Hall–Kier alpha value is -1.86. The fourth-order valence-corrected chi connectivity index (χ4v) is 6.00. The van der Waals surface area contributed by atoms with Crippen LogP contribution in [0.5, 0.6) is 0 Å². The van der Waals surface area contributed by atoms with E-state index in [0.29, 0.717) is 12.3 Å². The second-order valence-electron chi connectivity index (χ2n) is 7.95. The van der Waals surface area contributed by atoms with Gasteiger partial charge in [0.1, 0.15) is 0 Å². The molecule has 2 aromatic rings. The third-order valence-corrected chi connectivity index (χ3v) is 7.42. The molecular weight excluding hydrogens is 360 g/mol. The fourth-order valence-electron chi connectivity index (χ4n) is 4.45. The maximum atomic E-state index is 12.8. The van der Waals surface area contributed by atoms with Crippen molar-refractivity contribution < 1.29 is 9.53 Å². The molecule has 0 unspecified atom stereocenters. The van der Waals surface area contributed by atoms with Gasteiger partial charge in [0.05, 0.1) is 23.2 Å². The number of nitrogens with one attached hydrogen (secondary N) is 1. The number of likely N-dealkylation sites (tertiary alicyclic amines) is 1. The minimum Gasteiger partial charge on any atom is -0.371 e. The minimum absolute atomic E-state index is 0.0916. The van der Waals surface area contributed by atoms with Gasteiger partial charge in [-0.25, -0.2) is 0 Å². The standard InChI is InChI=1S/C20H24N4O2S/c1-13-4-2-5-14(21-13)9-26-15-8-20(27-10-15)11-24(12-20)19(25)18-16-6-3-7-17(16)22-23-18/h2,4-5,15H,3,6-12H2,1H3,(H,22,23)/t15-/m0/s1. The van der Waals surface area contributed by atoms with Crippen LogP contribution in [0.1, 0.15) is 46.0 Å². The normalized spacial score (nSPS) is 22.9. The molecule has 7 heteroatoms. The Kier molecular flexibility index (Phi) is 4.24. The number of rotatable bonds is 4. The van der Waals surface area contributed by atoms with Gasteiger partial charge in [-0.1, -0.05) is 6.07 Å². The van der Waals surface area contributed by atoms with Crippen LogP contribution < -0.4 is 0 Å². The van der Waals surface area contributed by atoms with Crippen molar-refractivity contribution in [1.29, 1.82) is 0 Å². The molecular formula is C20H24N4O2S. The van der Waals surface area contributed by atoms with Gasteiger partial charge in [0.15, 0.2) is 5.69 Å². The molecule has 1 aliphatic carbocycles. The Morgan fingerprint density at radius 1 is 1.41 bits per heavy atom. The van der Waals surface area contributed by atoms with E-state index in [0.717, 1.165) is 67.2 Å². The molecule has 1 N–H and O–H groups in total. The molecule has 2 aromatic heterocycles. The van der Waals surface area contributed by atoms with Crippen molar-refractivity contribution in [3.63, 3.8) is 0 Å². The summed E-state index contributed by atoms with van der Waals surface area (Å²) in [4.78, 5) is 19.3. The lowest BCUT2D eigenvalue weighted by molar-refractivity contribution is 0.0242. The largest absolute Gasteiger partial charge is 0.371 e. The molecule has 0 bridgehead atoms. The smallest absolute Gasteiger partial charge is 0.274 e. The van der Waals surface area contributed by atoms with Crippen molar-refractivity contribution in [2.75, 3.05) is 18.8 Å². The molecule has 0 saturated carbocycles. The SMILES string of the molecule is Cc1cccc(CO[C@@H]2CSC3(C2)CN(C(=O)c2n[nH]c4c2CCC4)C3)n1. The summed E-state index contributed by atoms with van der Waals surface area (Å²) >= 11 is 1.95. The van der Waals surface area contributed by atoms with Crippen LogP contribution in [-0.2, 0) is 24.2 Å². The first-order valence-corrected chi connectivity index (χ1v) is 10.6. The molecule has 5 rings (SSSR count). The van der Waals surface area contributed by atoms with Crippen LogP contribution >= 0.6 is 11.8 Å². The number of fused-ring (bicyclic) bond motifs is 1. The Bertz CT molecular complexity index is 875.